The summed E-state index contributed by atoms with van der Waals surface area (Å²) in [5.41, 5.74) is 0. The van der Waals surface area contributed by atoms with Crippen molar-refractivity contribution in [2.75, 3.05) is 14.1 Å². The maximum Gasteiger partial charge on any atom is 0.427 e. The average Bonchev–Trinajstić information content (AvgIpc) is 1.88. The molecular weight excluding hydrogens is 236 g/mol. The van der Waals surface area contributed by atoms with E-state index in [0.29, 0.717) is 8.03 Å². The molecule has 0 aliphatic carbocycles. The monoisotopic (exact) mass is 246 g/mol. The van der Waals surface area contributed by atoms with Gasteiger partial charge in [0.25, 0.3) is 0 Å². The predicted molar refractivity (Wildman–Crippen MR) is 63.1 cm³/mol. The van der Waals surface area contributed by atoms with Crippen molar-refractivity contribution in [3.05, 3.63) is 0 Å². The Morgan fingerprint density at radius 1 is 1.42 bits per heavy atom. The van der Waals surface area contributed by atoms with Gasteiger partial charge in [-0.1, -0.05) is 12.2 Å². The number of rotatable bonds is 0. The third-order valence-corrected chi connectivity index (χ3v) is 1.66. The van der Waals surface area contributed by atoms with Crippen molar-refractivity contribution in [3.8, 4) is 0 Å². The first kappa shape index (κ1) is 14.7. The molecule has 0 unspecified atom stereocenters. The van der Waals surface area contributed by atoms with Gasteiger partial charge in [0.05, 0.1) is 0 Å². The van der Waals surface area contributed by atoms with E-state index in [1.54, 1.807) is 4.90 Å². The van der Waals surface area contributed by atoms with E-state index in [1.807, 2.05) is 14.1 Å². The maximum absolute atomic E-state index is 9.47. The van der Waals surface area contributed by atoms with E-state index in [4.69, 9.17) is 5.11 Å². The van der Waals surface area contributed by atoms with Gasteiger partial charge in [0.1, 0.15) is 4.32 Å². The second kappa shape index (κ2) is 7.84. The third kappa shape index (κ3) is 12.8. The molecule has 1 amide bonds. The molecule has 0 spiro atoms. The molecular formula is C4H10N2O2S4. The lowest BCUT2D eigenvalue weighted by Gasteiger charge is -2.05. The summed E-state index contributed by atoms with van der Waals surface area (Å²) in [5.74, 6) is 0. The highest BCUT2D eigenvalue weighted by Crippen LogP contribution is 1.94. The Labute approximate surface area is 93.4 Å². The van der Waals surface area contributed by atoms with Crippen LogP contribution in [0.5, 0.6) is 0 Å². The molecule has 0 bridgehead atoms. The molecule has 0 saturated heterocycles. The Bertz CT molecular complexity index is 143. The van der Waals surface area contributed by atoms with Crippen molar-refractivity contribution in [1.29, 1.82) is 0 Å². The van der Waals surface area contributed by atoms with Gasteiger partial charge in [-0.05, 0) is 25.6 Å². The Balaban J connectivity index is 0. The summed E-state index contributed by atoms with van der Waals surface area (Å²) in [7, 11) is 3.71. The van der Waals surface area contributed by atoms with E-state index in [2.05, 4.69) is 50.5 Å². The Morgan fingerprint density at radius 2 is 1.58 bits per heavy atom. The number of carboxylic acid groups (broad SMARTS) is 1. The molecule has 0 aromatic heterocycles. The molecule has 0 aliphatic heterocycles. The SMILES string of the molecule is CN(C)C(=S)S.O=C(O)N(S)S. The number of hydrogen-bond donors (Lipinski definition) is 4. The summed E-state index contributed by atoms with van der Waals surface area (Å²) >= 11 is 15.0. The van der Waals surface area contributed by atoms with Crippen molar-refractivity contribution in [2.24, 2.45) is 0 Å². The van der Waals surface area contributed by atoms with Crippen LogP contribution in [0.3, 0.4) is 0 Å². The molecule has 0 aromatic rings. The maximum atomic E-state index is 9.47. The van der Waals surface area contributed by atoms with Crippen LogP contribution >= 0.6 is 50.5 Å². The largest absolute Gasteiger partial charge is 0.464 e. The standard InChI is InChI=1S/C3H7NS2.CH3NO2S2/c1-4(2)3(5)6;3-1(4)2(5)6/h1-2H3,(H,5,6);5-6H,(H,3,4). The summed E-state index contributed by atoms with van der Waals surface area (Å²) in [6.45, 7) is 0. The van der Waals surface area contributed by atoms with Crippen molar-refractivity contribution in [1.82, 2.24) is 8.61 Å². The second-order valence-electron chi connectivity index (χ2n) is 1.75. The summed E-state index contributed by atoms with van der Waals surface area (Å²) in [4.78, 5) is 11.2. The molecule has 8 heteroatoms. The van der Waals surface area contributed by atoms with Crippen LogP contribution in [-0.2, 0) is 0 Å². The van der Waals surface area contributed by atoms with Gasteiger partial charge in [0.2, 0.25) is 0 Å². The zero-order valence-electron chi connectivity index (χ0n) is 6.50. The number of thiocarbonyl (C=S) groups is 1. The lowest BCUT2D eigenvalue weighted by atomic mass is 11.0. The first-order valence-electron chi connectivity index (χ1n) is 2.60. The molecule has 0 aliphatic rings. The fourth-order valence-corrected chi connectivity index (χ4v) is 0. The van der Waals surface area contributed by atoms with Gasteiger partial charge in [-0.3, -0.25) is 0 Å². The first-order valence-corrected chi connectivity index (χ1v) is 4.25. The quantitative estimate of drug-likeness (QED) is 0.385. The molecule has 0 fully saturated rings. The highest BCUT2D eigenvalue weighted by atomic mass is 32.2. The number of hydrogen-bond acceptors (Lipinski definition) is 4. The number of amides is 1. The van der Waals surface area contributed by atoms with Crippen molar-refractivity contribution in [2.45, 2.75) is 0 Å². The van der Waals surface area contributed by atoms with E-state index in [0.717, 1.165) is 0 Å². The normalized spacial score (nSPS) is 7.75. The van der Waals surface area contributed by atoms with E-state index < -0.39 is 6.09 Å². The molecule has 72 valence electrons. The zero-order chi connectivity index (χ0) is 10.3. The Morgan fingerprint density at radius 3 is 1.58 bits per heavy atom. The topological polar surface area (TPSA) is 43.8 Å². The van der Waals surface area contributed by atoms with Crippen LogP contribution in [0.25, 0.3) is 0 Å². The lowest BCUT2D eigenvalue weighted by molar-refractivity contribution is 0.191. The van der Waals surface area contributed by atoms with Crippen LogP contribution in [0.2, 0.25) is 0 Å². The number of nitrogens with zero attached hydrogens (tertiary/aromatic N) is 2. The predicted octanol–water partition coefficient (Wildman–Crippen LogP) is 1.42. The van der Waals surface area contributed by atoms with E-state index in [9.17, 15) is 4.79 Å². The fourth-order valence-electron chi connectivity index (χ4n) is 0. The highest BCUT2D eigenvalue weighted by Gasteiger charge is 1.95. The van der Waals surface area contributed by atoms with Crippen LogP contribution in [-0.4, -0.2) is 38.2 Å². The molecule has 0 saturated carbocycles. The van der Waals surface area contributed by atoms with Crippen molar-refractivity contribution < 1.29 is 9.90 Å². The number of carbonyl (C=O) groups is 1. The van der Waals surface area contributed by atoms with Gasteiger partial charge in [0, 0.05) is 14.1 Å². The highest BCUT2D eigenvalue weighted by molar-refractivity contribution is 8.10. The minimum Gasteiger partial charge on any atom is -0.464 e. The lowest BCUT2D eigenvalue weighted by Crippen LogP contribution is -2.12. The van der Waals surface area contributed by atoms with Crippen LogP contribution in [0.1, 0.15) is 0 Å². The molecule has 0 heterocycles. The van der Waals surface area contributed by atoms with Gasteiger partial charge in [-0.15, -0.1) is 12.6 Å². The Kier molecular flexibility index (Phi) is 9.61. The summed E-state index contributed by atoms with van der Waals surface area (Å²) < 4.78 is 1.09. The van der Waals surface area contributed by atoms with Crippen LogP contribution in [0, 0.1) is 0 Å². The van der Waals surface area contributed by atoms with Crippen LogP contribution in [0.4, 0.5) is 4.79 Å². The molecule has 0 radical (unpaired) electrons. The minimum atomic E-state index is -1.18. The van der Waals surface area contributed by atoms with E-state index >= 15 is 0 Å². The van der Waals surface area contributed by atoms with E-state index in [1.165, 1.54) is 0 Å². The van der Waals surface area contributed by atoms with Crippen LogP contribution in [0.15, 0.2) is 0 Å². The zero-order valence-corrected chi connectivity index (χ0v) is 10.00. The van der Waals surface area contributed by atoms with Gasteiger partial charge in [-0.25, -0.2) is 4.79 Å². The van der Waals surface area contributed by atoms with Crippen molar-refractivity contribution in [3.63, 3.8) is 0 Å². The third-order valence-electron chi connectivity index (χ3n) is 0.554. The van der Waals surface area contributed by atoms with E-state index in [-0.39, 0.29) is 0 Å². The van der Waals surface area contributed by atoms with Gasteiger partial charge < -0.3 is 10.0 Å². The summed E-state index contributed by atoms with van der Waals surface area (Å²) in [6.07, 6.45) is -1.18. The molecule has 0 aromatic carbocycles. The molecule has 1 N–H and O–H groups in total. The average molecular weight is 246 g/mol. The van der Waals surface area contributed by atoms with Gasteiger partial charge >= 0.3 is 6.09 Å². The first-order chi connectivity index (χ1) is 5.29. The van der Waals surface area contributed by atoms with Gasteiger partial charge in [0.15, 0.2) is 0 Å². The molecule has 0 rings (SSSR count). The summed E-state index contributed by atoms with van der Waals surface area (Å²) in [5, 5.41) is 7.76. The minimum absolute atomic E-state index is 0.472. The summed E-state index contributed by atoms with van der Waals surface area (Å²) in [6, 6.07) is 0. The smallest absolute Gasteiger partial charge is 0.427 e. The van der Waals surface area contributed by atoms with Crippen molar-refractivity contribution >= 4 is 60.9 Å². The Hall–Kier alpha value is 0.210. The molecule has 4 nitrogen and oxygen atoms in total. The second-order valence-corrected chi connectivity index (χ2v) is 3.98. The molecule has 0 atom stereocenters. The number of thiol groups is 3. The fraction of sp³-hybridized carbons (Fsp3) is 0.500. The molecule has 12 heavy (non-hydrogen) atoms. The van der Waals surface area contributed by atoms with Gasteiger partial charge in [-0.2, -0.15) is 3.71 Å². The van der Waals surface area contributed by atoms with Crippen LogP contribution < -0.4 is 0 Å².